The molecule has 9 nitrogen and oxygen atoms in total. The quantitative estimate of drug-likeness (QED) is 0.412. The molecule has 2 heterocycles. The molecule has 1 aromatic rings. The Kier molecular flexibility index (Phi) is 8.30. The zero-order valence-corrected chi connectivity index (χ0v) is 20.3. The number of amides is 1. The molecule has 0 aromatic heterocycles. The SMILES string of the molecule is CN(C(=O)COC(=O)/C=C/c1ccc(S(=O)(=O)N2CCCCCC2)cc1)[C@H]1CCS(=O)(=O)C1. The third kappa shape index (κ3) is 6.87. The molecule has 1 amide bonds. The molecule has 0 unspecified atom stereocenters. The van der Waals surface area contributed by atoms with E-state index < -0.39 is 44.4 Å². The summed E-state index contributed by atoms with van der Waals surface area (Å²) < 4.78 is 55.2. The van der Waals surface area contributed by atoms with E-state index in [1.54, 1.807) is 12.1 Å². The van der Waals surface area contributed by atoms with Gasteiger partial charge in [0.25, 0.3) is 5.91 Å². The summed E-state index contributed by atoms with van der Waals surface area (Å²) >= 11 is 0. The molecule has 0 spiro atoms. The van der Waals surface area contributed by atoms with Crippen molar-refractivity contribution in [1.82, 2.24) is 9.21 Å². The van der Waals surface area contributed by atoms with Gasteiger partial charge in [0.15, 0.2) is 16.4 Å². The predicted molar refractivity (Wildman–Crippen MR) is 123 cm³/mol. The van der Waals surface area contributed by atoms with Crippen LogP contribution in [0.5, 0.6) is 0 Å². The van der Waals surface area contributed by atoms with Gasteiger partial charge in [0, 0.05) is 32.3 Å². The van der Waals surface area contributed by atoms with Crippen molar-refractivity contribution in [2.45, 2.75) is 43.0 Å². The maximum atomic E-state index is 12.8. The van der Waals surface area contributed by atoms with E-state index in [9.17, 15) is 26.4 Å². The molecule has 0 N–H and O–H groups in total. The van der Waals surface area contributed by atoms with Gasteiger partial charge < -0.3 is 9.64 Å². The first-order valence-electron chi connectivity index (χ1n) is 11.0. The van der Waals surface area contributed by atoms with Gasteiger partial charge in [-0.25, -0.2) is 21.6 Å². The Bertz CT molecular complexity index is 1090. The lowest BCUT2D eigenvalue weighted by Gasteiger charge is -2.22. The topological polar surface area (TPSA) is 118 Å². The Morgan fingerprint density at radius 1 is 1.12 bits per heavy atom. The summed E-state index contributed by atoms with van der Waals surface area (Å²) in [6.07, 6.45) is 6.81. The van der Waals surface area contributed by atoms with Crippen LogP contribution in [0.15, 0.2) is 35.2 Å². The number of benzene rings is 1. The summed E-state index contributed by atoms with van der Waals surface area (Å²) in [5, 5.41) is 0. The lowest BCUT2D eigenvalue weighted by molar-refractivity contribution is -0.148. The Balaban J connectivity index is 1.51. The zero-order valence-electron chi connectivity index (χ0n) is 18.7. The van der Waals surface area contributed by atoms with E-state index in [2.05, 4.69) is 0 Å². The average molecular weight is 499 g/mol. The van der Waals surface area contributed by atoms with E-state index >= 15 is 0 Å². The second-order valence-corrected chi connectivity index (χ2v) is 12.6. The van der Waals surface area contributed by atoms with E-state index in [0.717, 1.165) is 31.8 Å². The third-order valence-electron chi connectivity index (χ3n) is 5.98. The standard InChI is InChI=1S/C22H30N2O7S2/c1-23(19-12-15-32(27,28)17-19)21(25)16-31-22(26)11-8-18-6-9-20(10-7-18)33(29,30)24-13-4-2-3-5-14-24/h6-11,19H,2-5,12-17H2,1H3/b11-8+/t19-/m0/s1. The Hall–Kier alpha value is -2.24. The molecule has 33 heavy (non-hydrogen) atoms. The van der Waals surface area contributed by atoms with Crippen molar-refractivity contribution in [3.8, 4) is 0 Å². The lowest BCUT2D eigenvalue weighted by Crippen LogP contribution is -2.40. The normalized spacial score (nSPS) is 21.5. The highest BCUT2D eigenvalue weighted by Gasteiger charge is 2.32. The molecule has 1 aromatic carbocycles. The van der Waals surface area contributed by atoms with Gasteiger partial charge in [-0.15, -0.1) is 0 Å². The highest BCUT2D eigenvalue weighted by molar-refractivity contribution is 7.91. The number of nitrogens with zero attached hydrogens (tertiary/aromatic N) is 2. The Morgan fingerprint density at radius 2 is 1.76 bits per heavy atom. The van der Waals surface area contributed by atoms with Gasteiger partial charge in [0.1, 0.15) is 0 Å². The maximum Gasteiger partial charge on any atom is 0.331 e. The molecule has 1 atom stereocenters. The van der Waals surface area contributed by atoms with Crippen LogP contribution in [0.25, 0.3) is 6.08 Å². The van der Waals surface area contributed by atoms with Gasteiger partial charge in [0.05, 0.1) is 16.4 Å². The smallest absolute Gasteiger partial charge is 0.331 e. The number of esters is 1. The van der Waals surface area contributed by atoms with Crippen LogP contribution in [-0.4, -0.2) is 82.2 Å². The second-order valence-electron chi connectivity index (χ2n) is 8.39. The molecule has 2 aliphatic heterocycles. The monoisotopic (exact) mass is 498 g/mol. The van der Waals surface area contributed by atoms with E-state index in [-0.39, 0.29) is 16.4 Å². The minimum Gasteiger partial charge on any atom is -0.452 e. The average Bonchev–Trinajstić information content (AvgIpc) is 2.98. The van der Waals surface area contributed by atoms with E-state index in [0.29, 0.717) is 25.1 Å². The number of hydrogen-bond acceptors (Lipinski definition) is 7. The predicted octanol–water partition coefficient (Wildman–Crippen LogP) is 1.45. The molecular formula is C22H30N2O7S2. The minimum atomic E-state index is -3.54. The van der Waals surface area contributed by atoms with Crippen molar-refractivity contribution in [1.29, 1.82) is 0 Å². The summed E-state index contributed by atoms with van der Waals surface area (Å²) in [4.78, 5) is 25.7. The van der Waals surface area contributed by atoms with E-state index in [4.69, 9.17) is 4.74 Å². The first kappa shape index (κ1) is 25.4. The third-order valence-corrected chi connectivity index (χ3v) is 9.65. The summed E-state index contributed by atoms with van der Waals surface area (Å²) in [6, 6.07) is 5.83. The maximum absolute atomic E-state index is 12.8. The summed E-state index contributed by atoms with van der Waals surface area (Å²) in [7, 11) is -5.16. The number of carbonyl (C=O) groups excluding carboxylic acids is 2. The van der Waals surface area contributed by atoms with Crippen molar-refractivity contribution in [2.24, 2.45) is 0 Å². The summed E-state index contributed by atoms with van der Waals surface area (Å²) in [5.74, 6) is -1.22. The largest absolute Gasteiger partial charge is 0.452 e. The first-order chi connectivity index (χ1) is 15.6. The van der Waals surface area contributed by atoms with Crippen LogP contribution in [0, 0.1) is 0 Å². The number of rotatable bonds is 7. The molecule has 182 valence electrons. The second kappa shape index (κ2) is 10.8. The van der Waals surface area contributed by atoms with Gasteiger partial charge in [-0.05, 0) is 43.0 Å². The molecule has 0 radical (unpaired) electrons. The fraction of sp³-hybridized carbons (Fsp3) is 0.545. The van der Waals surface area contributed by atoms with E-state index in [1.807, 2.05) is 0 Å². The van der Waals surface area contributed by atoms with Gasteiger partial charge >= 0.3 is 5.97 Å². The summed E-state index contributed by atoms with van der Waals surface area (Å²) in [6.45, 7) is 0.573. The molecule has 2 fully saturated rings. The van der Waals surface area contributed by atoms with Crippen molar-refractivity contribution >= 4 is 37.8 Å². The number of carbonyl (C=O) groups is 2. The van der Waals surface area contributed by atoms with Crippen LogP contribution >= 0.6 is 0 Å². The van der Waals surface area contributed by atoms with Crippen LogP contribution < -0.4 is 0 Å². The molecular weight excluding hydrogens is 468 g/mol. The van der Waals surface area contributed by atoms with Crippen molar-refractivity contribution in [3.05, 3.63) is 35.9 Å². The number of likely N-dealkylation sites (N-methyl/N-ethyl adjacent to an activating group) is 1. The fourth-order valence-electron chi connectivity index (χ4n) is 3.91. The Labute approximate surface area is 195 Å². The molecule has 0 bridgehead atoms. The summed E-state index contributed by atoms with van der Waals surface area (Å²) in [5.41, 5.74) is 0.612. The molecule has 2 aliphatic rings. The van der Waals surface area contributed by atoms with Crippen molar-refractivity contribution in [2.75, 3.05) is 38.2 Å². The van der Waals surface area contributed by atoms with Gasteiger partial charge in [-0.3, -0.25) is 4.79 Å². The minimum absolute atomic E-state index is 0.0515. The highest BCUT2D eigenvalue weighted by Crippen LogP contribution is 2.21. The van der Waals surface area contributed by atoms with Crippen LogP contribution in [0.1, 0.15) is 37.7 Å². The Morgan fingerprint density at radius 3 is 2.33 bits per heavy atom. The number of ether oxygens (including phenoxy) is 1. The number of sulfonamides is 1. The van der Waals surface area contributed by atoms with Gasteiger partial charge in [-0.2, -0.15) is 4.31 Å². The van der Waals surface area contributed by atoms with Gasteiger partial charge in [-0.1, -0.05) is 25.0 Å². The molecule has 11 heteroatoms. The first-order valence-corrected chi connectivity index (χ1v) is 14.3. The van der Waals surface area contributed by atoms with E-state index in [1.165, 1.54) is 34.5 Å². The van der Waals surface area contributed by atoms with Crippen LogP contribution in [0.3, 0.4) is 0 Å². The number of hydrogen-bond donors (Lipinski definition) is 0. The van der Waals surface area contributed by atoms with Crippen molar-refractivity contribution < 1.29 is 31.2 Å². The zero-order chi connectivity index (χ0) is 24.1. The molecule has 0 aliphatic carbocycles. The van der Waals surface area contributed by atoms with Crippen molar-refractivity contribution in [3.63, 3.8) is 0 Å². The molecule has 2 saturated heterocycles. The van der Waals surface area contributed by atoms with Gasteiger partial charge in [0.2, 0.25) is 10.0 Å². The fourth-order valence-corrected chi connectivity index (χ4v) is 7.20. The number of sulfone groups is 1. The van der Waals surface area contributed by atoms with Crippen LogP contribution in [-0.2, 0) is 34.2 Å². The van der Waals surface area contributed by atoms with Crippen LogP contribution in [0.4, 0.5) is 0 Å². The molecule has 3 rings (SSSR count). The lowest BCUT2D eigenvalue weighted by atomic mass is 10.2. The van der Waals surface area contributed by atoms with Crippen LogP contribution in [0.2, 0.25) is 0 Å². The molecule has 0 saturated carbocycles. The highest BCUT2D eigenvalue weighted by atomic mass is 32.2.